The smallest absolute Gasteiger partial charge is 0.0184 e. The number of hydrogen-bond acceptors (Lipinski definition) is 2. The summed E-state index contributed by atoms with van der Waals surface area (Å²) in [4.78, 5) is 0. The van der Waals surface area contributed by atoms with Crippen LogP contribution in [0.25, 0.3) is 0 Å². The second-order valence-electron chi connectivity index (χ2n) is 3.84. The van der Waals surface area contributed by atoms with E-state index in [1.165, 1.54) is 24.2 Å². The van der Waals surface area contributed by atoms with E-state index in [0.717, 1.165) is 17.4 Å². The minimum Gasteiger partial charge on any atom is -0.179 e. The predicted molar refractivity (Wildman–Crippen MR) is 74.9 cm³/mol. The monoisotopic (exact) mass is 240 g/mol. The van der Waals surface area contributed by atoms with E-state index >= 15 is 0 Å². The Bertz CT molecular complexity index is 246. The number of rotatable bonds is 7. The highest BCUT2D eigenvalue weighted by Crippen LogP contribution is 2.19. The van der Waals surface area contributed by atoms with Crippen LogP contribution < -0.4 is 0 Å². The molecule has 1 atom stereocenters. The third-order valence-electron chi connectivity index (χ3n) is 2.42. The lowest BCUT2D eigenvalue weighted by Gasteiger charge is -2.12. The molecule has 1 aromatic rings. The summed E-state index contributed by atoms with van der Waals surface area (Å²) in [7, 11) is 0. The molecule has 2 heteroatoms. The number of thioether (sulfide) groups is 1. The van der Waals surface area contributed by atoms with Gasteiger partial charge >= 0.3 is 0 Å². The van der Waals surface area contributed by atoms with E-state index in [-0.39, 0.29) is 0 Å². The van der Waals surface area contributed by atoms with Crippen molar-refractivity contribution >= 4 is 24.4 Å². The Morgan fingerprint density at radius 1 is 1.27 bits per heavy atom. The Labute approximate surface area is 103 Å². The van der Waals surface area contributed by atoms with E-state index in [4.69, 9.17) is 0 Å². The van der Waals surface area contributed by atoms with Crippen molar-refractivity contribution in [2.45, 2.75) is 25.5 Å². The zero-order chi connectivity index (χ0) is 10.9. The van der Waals surface area contributed by atoms with Crippen LogP contribution >= 0.6 is 24.4 Å². The van der Waals surface area contributed by atoms with Crippen molar-refractivity contribution in [1.82, 2.24) is 0 Å². The minimum atomic E-state index is 0.784. The average molecular weight is 240 g/mol. The van der Waals surface area contributed by atoms with Gasteiger partial charge in [0.2, 0.25) is 0 Å². The molecule has 0 fully saturated rings. The summed E-state index contributed by atoms with van der Waals surface area (Å²) in [6.07, 6.45) is 2.59. The zero-order valence-corrected chi connectivity index (χ0v) is 11.1. The van der Waals surface area contributed by atoms with Crippen molar-refractivity contribution in [3.8, 4) is 0 Å². The molecule has 0 heterocycles. The number of benzene rings is 1. The first kappa shape index (κ1) is 13.0. The van der Waals surface area contributed by atoms with Gasteiger partial charge in [-0.1, -0.05) is 43.7 Å². The van der Waals surface area contributed by atoms with Gasteiger partial charge in [-0.3, -0.25) is 0 Å². The van der Waals surface area contributed by atoms with Gasteiger partial charge in [0.1, 0.15) is 0 Å². The largest absolute Gasteiger partial charge is 0.179 e. The van der Waals surface area contributed by atoms with Crippen molar-refractivity contribution in [1.29, 1.82) is 0 Å². The average Bonchev–Trinajstić information content (AvgIpc) is 2.29. The molecule has 1 unspecified atom stereocenters. The summed E-state index contributed by atoms with van der Waals surface area (Å²) in [5.74, 6) is 4.18. The van der Waals surface area contributed by atoms with Gasteiger partial charge in [-0.2, -0.15) is 24.4 Å². The van der Waals surface area contributed by atoms with Gasteiger partial charge in [0.15, 0.2) is 0 Å². The molecule has 0 aromatic heterocycles. The summed E-state index contributed by atoms with van der Waals surface area (Å²) < 4.78 is 0. The Morgan fingerprint density at radius 3 is 2.60 bits per heavy atom. The fourth-order valence-electron chi connectivity index (χ4n) is 1.55. The molecule has 0 N–H and O–H groups in total. The molecule has 84 valence electrons. The van der Waals surface area contributed by atoms with Crippen LogP contribution in [0.4, 0.5) is 0 Å². The Hall–Kier alpha value is -0.0800. The van der Waals surface area contributed by atoms with Gasteiger partial charge in [-0.15, -0.1) is 0 Å². The maximum atomic E-state index is 4.40. The first-order valence-corrected chi connectivity index (χ1v) is 7.38. The second kappa shape index (κ2) is 8.12. The molecule has 0 spiro atoms. The predicted octanol–water partition coefficient (Wildman–Crippen LogP) is 4.27. The van der Waals surface area contributed by atoms with Gasteiger partial charge in [-0.25, -0.2) is 0 Å². The quantitative estimate of drug-likeness (QED) is 0.695. The molecule has 0 nitrogen and oxygen atoms in total. The van der Waals surface area contributed by atoms with Crippen molar-refractivity contribution in [3.63, 3.8) is 0 Å². The van der Waals surface area contributed by atoms with E-state index in [1.54, 1.807) is 0 Å². The molecule has 15 heavy (non-hydrogen) atoms. The second-order valence-corrected chi connectivity index (χ2v) is 5.23. The van der Waals surface area contributed by atoms with Crippen LogP contribution in [-0.4, -0.2) is 11.5 Å². The molecular formula is C13H20S2. The van der Waals surface area contributed by atoms with Crippen LogP contribution in [0.5, 0.6) is 0 Å². The van der Waals surface area contributed by atoms with Crippen LogP contribution in [0.3, 0.4) is 0 Å². The van der Waals surface area contributed by atoms with Crippen LogP contribution in [-0.2, 0) is 5.75 Å². The Kier molecular flexibility index (Phi) is 7.03. The molecule has 0 aliphatic carbocycles. The van der Waals surface area contributed by atoms with E-state index < -0.39 is 0 Å². The van der Waals surface area contributed by atoms with Crippen LogP contribution in [0.1, 0.15) is 25.3 Å². The van der Waals surface area contributed by atoms with Gasteiger partial charge < -0.3 is 0 Å². The lowest BCUT2D eigenvalue weighted by molar-refractivity contribution is 0.595. The molecule has 0 saturated carbocycles. The molecule has 0 saturated heterocycles. The van der Waals surface area contributed by atoms with Crippen molar-refractivity contribution in [2.24, 2.45) is 5.92 Å². The first-order chi connectivity index (χ1) is 7.36. The van der Waals surface area contributed by atoms with Gasteiger partial charge in [-0.05, 0) is 29.4 Å². The third kappa shape index (κ3) is 5.53. The molecule has 0 radical (unpaired) electrons. The molecule has 0 amide bonds. The molecule has 0 bridgehead atoms. The Morgan fingerprint density at radius 2 is 2.00 bits per heavy atom. The van der Waals surface area contributed by atoms with Crippen molar-refractivity contribution < 1.29 is 0 Å². The van der Waals surface area contributed by atoms with Gasteiger partial charge in [0.25, 0.3) is 0 Å². The summed E-state index contributed by atoms with van der Waals surface area (Å²) in [6, 6.07) is 10.7. The van der Waals surface area contributed by atoms with Crippen molar-refractivity contribution in [3.05, 3.63) is 35.9 Å². The topological polar surface area (TPSA) is 0 Å². The fourth-order valence-corrected chi connectivity index (χ4v) is 3.20. The van der Waals surface area contributed by atoms with E-state index in [2.05, 4.69) is 49.9 Å². The van der Waals surface area contributed by atoms with E-state index in [1.807, 2.05) is 11.8 Å². The SMILES string of the molecule is CCCC(CS)CSCc1ccccc1. The maximum Gasteiger partial charge on any atom is 0.0184 e. The molecular weight excluding hydrogens is 220 g/mol. The standard InChI is InChI=1S/C13H20S2/c1-2-6-13(9-14)11-15-10-12-7-4-3-5-8-12/h3-5,7-8,13-14H,2,6,9-11H2,1H3. The van der Waals surface area contributed by atoms with Crippen LogP contribution in [0, 0.1) is 5.92 Å². The highest BCUT2D eigenvalue weighted by atomic mass is 32.2. The summed E-state index contributed by atoms with van der Waals surface area (Å²) in [6.45, 7) is 2.25. The van der Waals surface area contributed by atoms with Gasteiger partial charge in [0.05, 0.1) is 0 Å². The van der Waals surface area contributed by atoms with Crippen LogP contribution in [0.2, 0.25) is 0 Å². The maximum absolute atomic E-state index is 4.40. The zero-order valence-electron chi connectivity index (χ0n) is 9.36. The summed E-state index contributed by atoms with van der Waals surface area (Å²) in [5, 5.41) is 0. The minimum absolute atomic E-state index is 0.784. The molecule has 0 aliphatic heterocycles. The van der Waals surface area contributed by atoms with Crippen molar-refractivity contribution in [2.75, 3.05) is 11.5 Å². The molecule has 1 aromatic carbocycles. The van der Waals surface area contributed by atoms with Crippen LogP contribution in [0.15, 0.2) is 30.3 Å². The number of thiol groups is 1. The van der Waals surface area contributed by atoms with E-state index in [9.17, 15) is 0 Å². The first-order valence-electron chi connectivity index (χ1n) is 5.59. The molecule has 0 aliphatic rings. The summed E-state index contributed by atoms with van der Waals surface area (Å²) >= 11 is 6.43. The summed E-state index contributed by atoms with van der Waals surface area (Å²) in [5.41, 5.74) is 1.43. The number of hydrogen-bond donors (Lipinski definition) is 1. The lowest BCUT2D eigenvalue weighted by Crippen LogP contribution is -2.05. The lowest BCUT2D eigenvalue weighted by atomic mass is 10.1. The Balaban J connectivity index is 2.20. The molecule has 1 rings (SSSR count). The normalized spacial score (nSPS) is 12.7. The van der Waals surface area contributed by atoms with Gasteiger partial charge in [0, 0.05) is 5.75 Å². The highest BCUT2D eigenvalue weighted by Gasteiger charge is 2.05. The highest BCUT2D eigenvalue weighted by molar-refractivity contribution is 7.98. The third-order valence-corrected chi connectivity index (χ3v) is 4.18. The van der Waals surface area contributed by atoms with E-state index in [0.29, 0.717) is 0 Å². The fraction of sp³-hybridized carbons (Fsp3) is 0.538.